The average Bonchev–Trinajstić information content (AvgIpc) is 3.07. The second-order valence-corrected chi connectivity index (χ2v) is 6.67. The highest BCUT2D eigenvalue weighted by atomic mass is 16.6. The van der Waals surface area contributed by atoms with E-state index in [1.165, 1.54) is 0 Å². The molecular formula is C16H24O6. The first-order chi connectivity index (χ1) is 10.3. The van der Waals surface area contributed by atoms with E-state index >= 15 is 0 Å². The van der Waals surface area contributed by atoms with Crippen LogP contribution in [-0.2, 0) is 28.6 Å². The van der Waals surface area contributed by atoms with Crippen LogP contribution in [0, 0.1) is 17.3 Å². The molecule has 2 fully saturated rings. The van der Waals surface area contributed by atoms with E-state index in [2.05, 4.69) is 0 Å². The van der Waals surface area contributed by atoms with Crippen LogP contribution in [-0.4, -0.2) is 37.2 Å². The van der Waals surface area contributed by atoms with Gasteiger partial charge in [0.2, 0.25) is 0 Å². The number of ether oxygens (including phenoxy) is 3. The second-order valence-electron chi connectivity index (χ2n) is 6.67. The van der Waals surface area contributed by atoms with Crippen molar-refractivity contribution in [3.05, 3.63) is 0 Å². The first-order valence-electron chi connectivity index (χ1n) is 7.88. The van der Waals surface area contributed by atoms with Crippen LogP contribution < -0.4 is 0 Å². The van der Waals surface area contributed by atoms with Crippen molar-refractivity contribution in [3.8, 4) is 0 Å². The highest BCUT2D eigenvalue weighted by Crippen LogP contribution is 2.41. The summed E-state index contributed by atoms with van der Waals surface area (Å²) in [6.07, 6.45) is 3.07. The second kappa shape index (κ2) is 6.67. The van der Waals surface area contributed by atoms with Crippen LogP contribution in [0.1, 0.15) is 46.5 Å². The van der Waals surface area contributed by atoms with Gasteiger partial charge in [0.25, 0.3) is 0 Å². The number of cyclic esters (lactones) is 1. The Labute approximate surface area is 130 Å². The summed E-state index contributed by atoms with van der Waals surface area (Å²) in [5.41, 5.74) is -0.613. The van der Waals surface area contributed by atoms with Crippen LogP contribution >= 0.6 is 0 Å². The summed E-state index contributed by atoms with van der Waals surface area (Å²) in [5, 5.41) is 0. The van der Waals surface area contributed by atoms with Gasteiger partial charge in [-0.3, -0.25) is 9.59 Å². The van der Waals surface area contributed by atoms with Crippen molar-refractivity contribution < 1.29 is 28.6 Å². The average molecular weight is 312 g/mol. The monoisotopic (exact) mass is 312 g/mol. The molecule has 1 heterocycles. The molecule has 0 bridgehead atoms. The van der Waals surface area contributed by atoms with Gasteiger partial charge < -0.3 is 14.2 Å². The summed E-state index contributed by atoms with van der Waals surface area (Å²) in [6, 6.07) is 0. The van der Waals surface area contributed by atoms with E-state index in [1.54, 1.807) is 13.8 Å². The van der Waals surface area contributed by atoms with Gasteiger partial charge in [0, 0.05) is 5.92 Å². The third-order valence-corrected chi connectivity index (χ3v) is 4.78. The fourth-order valence-electron chi connectivity index (χ4n) is 2.89. The van der Waals surface area contributed by atoms with Crippen LogP contribution in [0.15, 0.2) is 0 Å². The Morgan fingerprint density at radius 2 is 2.00 bits per heavy atom. The summed E-state index contributed by atoms with van der Waals surface area (Å²) < 4.78 is 15.3. The van der Waals surface area contributed by atoms with Gasteiger partial charge in [0.15, 0.2) is 6.61 Å². The molecule has 124 valence electrons. The molecule has 6 nitrogen and oxygen atoms in total. The van der Waals surface area contributed by atoms with Crippen molar-refractivity contribution in [3.63, 3.8) is 0 Å². The number of carbonyl (C=O) groups excluding carboxylic acids is 3. The highest BCUT2D eigenvalue weighted by Gasteiger charge is 2.47. The molecule has 1 aliphatic carbocycles. The zero-order chi connectivity index (χ0) is 16.3. The van der Waals surface area contributed by atoms with Gasteiger partial charge in [-0.15, -0.1) is 0 Å². The first-order valence-corrected chi connectivity index (χ1v) is 7.88. The lowest BCUT2D eigenvalue weighted by Crippen LogP contribution is -2.30. The van der Waals surface area contributed by atoms with Crippen molar-refractivity contribution in [2.75, 3.05) is 13.2 Å². The third-order valence-electron chi connectivity index (χ3n) is 4.78. The molecule has 0 N–H and O–H groups in total. The lowest BCUT2D eigenvalue weighted by Gasteiger charge is -2.20. The first kappa shape index (κ1) is 16.8. The number of fused-ring (bicyclic) bond motifs is 1. The van der Waals surface area contributed by atoms with Gasteiger partial charge >= 0.3 is 17.9 Å². The Morgan fingerprint density at radius 3 is 2.68 bits per heavy atom. The van der Waals surface area contributed by atoms with E-state index in [4.69, 9.17) is 14.2 Å². The summed E-state index contributed by atoms with van der Waals surface area (Å²) in [5.74, 6) is -1.10. The van der Waals surface area contributed by atoms with Crippen molar-refractivity contribution >= 4 is 17.9 Å². The van der Waals surface area contributed by atoms with Crippen LogP contribution in [0.2, 0.25) is 0 Å². The lowest BCUT2D eigenvalue weighted by atomic mass is 9.91. The molecule has 0 aromatic carbocycles. The number of carbonyl (C=O) groups is 3. The van der Waals surface area contributed by atoms with Crippen LogP contribution in [0.4, 0.5) is 0 Å². The zero-order valence-electron chi connectivity index (χ0n) is 13.4. The van der Waals surface area contributed by atoms with Crippen LogP contribution in [0.3, 0.4) is 0 Å². The van der Waals surface area contributed by atoms with Crippen molar-refractivity contribution in [1.82, 2.24) is 0 Å². The Bertz CT molecular complexity index is 456. The normalized spacial score (nSPS) is 27.2. The lowest BCUT2D eigenvalue weighted by molar-refractivity contribution is -0.167. The molecule has 1 aliphatic heterocycles. The van der Waals surface area contributed by atoms with Gasteiger partial charge in [-0.25, -0.2) is 4.79 Å². The third kappa shape index (κ3) is 3.59. The van der Waals surface area contributed by atoms with Crippen molar-refractivity contribution in [2.45, 2.75) is 52.6 Å². The summed E-state index contributed by atoms with van der Waals surface area (Å²) in [6.45, 7) is 5.04. The molecule has 0 amide bonds. The minimum atomic E-state index is -0.613. The predicted octanol–water partition coefficient (Wildman–Crippen LogP) is 1.85. The van der Waals surface area contributed by atoms with E-state index in [-0.39, 0.29) is 30.5 Å². The Hall–Kier alpha value is -1.59. The molecule has 2 aliphatic rings. The molecule has 2 rings (SSSR count). The van der Waals surface area contributed by atoms with E-state index < -0.39 is 24.0 Å². The molecule has 2 unspecified atom stereocenters. The number of hydrogen-bond donors (Lipinski definition) is 0. The van der Waals surface area contributed by atoms with Gasteiger partial charge in [-0.2, -0.15) is 0 Å². The molecule has 1 saturated carbocycles. The van der Waals surface area contributed by atoms with E-state index in [1.807, 2.05) is 6.92 Å². The molecule has 6 heteroatoms. The fourth-order valence-corrected chi connectivity index (χ4v) is 2.89. The van der Waals surface area contributed by atoms with Gasteiger partial charge in [0.1, 0.15) is 12.7 Å². The quantitative estimate of drug-likeness (QED) is 0.550. The van der Waals surface area contributed by atoms with Crippen molar-refractivity contribution in [2.24, 2.45) is 17.3 Å². The molecule has 1 saturated heterocycles. The van der Waals surface area contributed by atoms with Gasteiger partial charge in [0.05, 0.1) is 11.3 Å². The Balaban J connectivity index is 1.72. The van der Waals surface area contributed by atoms with Crippen LogP contribution in [0.25, 0.3) is 0 Å². The molecule has 3 atom stereocenters. The summed E-state index contributed by atoms with van der Waals surface area (Å²) in [4.78, 5) is 35.0. The number of rotatable bonds is 6. The maximum Gasteiger partial charge on any atom is 0.344 e. The smallest absolute Gasteiger partial charge is 0.344 e. The minimum Gasteiger partial charge on any atom is -0.459 e. The Morgan fingerprint density at radius 1 is 1.27 bits per heavy atom. The SMILES string of the molecule is CCC(C)(C)C(=O)OCC(=O)OC[C@@H]1OC(=O)C2CCCC21. The largest absolute Gasteiger partial charge is 0.459 e. The standard InChI is InChI=1S/C16H24O6/c1-4-16(2,3)15(19)21-9-13(17)20-8-12-10-6-5-7-11(10)14(18)22-12/h10-12H,4-9H2,1-3H3/t10?,11?,12-/m0/s1. The molecule has 0 aromatic heterocycles. The fraction of sp³-hybridized carbons (Fsp3) is 0.812. The van der Waals surface area contributed by atoms with E-state index in [0.717, 1.165) is 19.3 Å². The summed E-state index contributed by atoms with van der Waals surface area (Å²) >= 11 is 0. The Kier molecular flexibility index (Phi) is 5.08. The molecule has 22 heavy (non-hydrogen) atoms. The molecular weight excluding hydrogens is 288 g/mol. The van der Waals surface area contributed by atoms with E-state index in [0.29, 0.717) is 6.42 Å². The van der Waals surface area contributed by atoms with E-state index in [9.17, 15) is 14.4 Å². The topological polar surface area (TPSA) is 78.9 Å². The highest BCUT2D eigenvalue weighted by molar-refractivity contribution is 5.80. The zero-order valence-corrected chi connectivity index (χ0v) is 13.4. The van der Waals surface area contributed by atoms with Gasteiger partial charge in [-0.1, -0.05) is 13.3 Å². The van der Waals surface area contributed by atoms with Crippen LogP contribution in [0.5, 0.6) is 0 Å². The molecule has 0 radical (unpaired) electrons. The molecule has 0 spiro atoms. The number of esters is 3. The maximum atomic E-state index is 11.8. The predicted molar refractivity (Wildman–Crippen MR) is 76.7 cm³/mol. The maximum absolute atomic E-state index is 11.8. The molecule has 0 aromatic rings. The summed E-state index contributed by atoms with van der Waals surface area (Å²) in [7, 11) is 0. The minimum absolute atomic E-state index is 0.0353. The van der Waals surface area contributed by atoms with Crippen molar-refractivity contribution in [1.29, 1.82) is 0 Å². The number of hydrogen-bond acceptors (Lipinski definition) is 6. The van der Waals surface area contributed by atoms with Gasteiger partial charge in [-0.05, 0) is 33.1 Å².